The number of benzene rings is 2. The molecule has 0 unspecified atom stereocenters. The SMILES string of the molecule is COCC1(C(=O)N2CC[C@]34C(=O)N(CC(=O)NCCCOc5cccc(c5)[C@H]23)c2ccccc24)CCC1. The molecule has 6 rings (SSSR count). The van der Waals surface area contributed by atoms with E-state index < -0.39 is 16.9 Å². The topological polar surface area (TPSA) is 88.2 Å². The van der Waals surface area contributed by atoms with E-state index in [1.54, 1.807) is 12.0 Å². The van der Waals surface area contributed by atoms with Gasteiger partial charge in [-0.15, -0.1) is 0 Å². The zero-order chi connectivity index (χ0) is 25.6. The number of nitrogens with zero attached hydrogens (tertiary/aromatic N) is 2. The zero-order valence-corrected chi connectivity index (χ0v) is 21.2. The summed E-state index contributed by atoms with van der Waals surface area (Å²) in [5.74, 6) is 0.422. The minimum Gasteiger partial charge on any atom is -0.494 e. The van der Waals surface area contributed by atoms with Crippen molar-refractivity contribution in [2.45, 2.75) is 43.6 Å². The first-order valence-electron chi connectivity index (χ1n) is 13.2. The Morgan fingerprint density at radius 1 is 1.11 bits per heavy atom. The van der Waals surface area contributed by atoms with E-state index in [1.165, 1.54) is 0 Å². The summed E-state index contributed by atoms with van der Waals surface area (Å²) in [6, 6.07) is 15.0. The fraction of sp³-hybridized carbons (Fsp3) is 0.483. The van der Waals surface area contributed by atoms with Gasteiger partial charge in [-0.2, -0.15) is 0 Å². The van der Waals surface area contributed by atoms with Crippen LogP contribution in [0.5, 0.6) is 5.75 Å². The number of carbonyl (C=O) groups excluding carboxylic acids is 3. The van der Waals surface area contributed by atoms with Gasteiger partial charge in [0, 0.05) is 25.9 Å². The van der Waals surface area contributed by atoms with Crippen LogP contribution in [-0.2, 0) is 24.5 Å². The molecule has 8 nitrogen and oxygen atoms in total. The summed E-state index contributed by atoms with van der Waals surface area (Å²) in [6.07, 6.45) is 3.71. The Morgan fingerprint density at radius 3 is 2.73 bits per heavy atom. The Balaban J connectivity index is 1.53. The second-order valence-corrected chi connectivity index (χ2v) is 10.7. The van der Waals surface area contributed by atoms with Crippen molar-refractivity contribution >= 4 is 23.4 Å². The lowest BCUT2D eigenvalue weighted by Gasteiger charge is -2.45. The molecule has 2 fully saturated rings. The van der Waals surface area contributed by atoms with Gasteiger partial charge >= 0.3 is 0 Å². The van der Waals surface area contributed by atoms with Crippen molar-refractivity contribution in [3.63, 3.8) is 0 Å². The molecular weight excluding hydrogens is 470 g/mol. The second-order valence-electron chi connectivity index (χ2n) is 10.7. The lowest BCUT2D eigenvalue weighted by Crippen LogP contribution is -2.53. The normalized spacial score (nSPS) is 26.4. The van der Waals surface area contributed by atoms with Gasteiger partial charge < -0.3 is 24.6 Å². The second kappa shape index (κ2) is 9.17. The van der Waals surface area contributed by atoms with Gasteiger partial charge in [0.1, 0.15) is 17.7 Å². The molecule has 8 heteroatoms. The van der Waals surface area contributed by atoms with Crippen LogP contribution in [0.2, 0.25) is 0 Å². The van der Waals surface area contributed by atoms with Crippen LogP contribution < -0.4 is 15.0 Å². The van der Waals surface area contributed by atoms with Crippen LogP contribution in [-0.4, -0.2) is 62.6 Å². The van der Waals surface area contributed by atoms with Crippen molar-refractivity contribution in [2.75, 3.05) is 44.9 Å². The highest BCUT2D eigenvalue weighted by atomic mass is 16.5. The highest BCUT2D eigenvalue weighted by Gasteiger charge is 2.63. The number of para-hydroxylation sites is 1. The van der Waals surface area contributed by atoms with Crippen LogP contribution >= 0.6 is 0 Å². The molecule has 0 radical (unpaired) electrons. The number of nitrogens with one attached hydrogen (secondary N) is 1. The molecule has 2 aromatic carbocycles. The fourth-order valence-corrected chi connectivity index (χ4v) is 6.79. The summed E-state index contributed by atoms with van der Waals surface area (Å²) in [5.41, 5.74) is 0.978. The monoisotopic (exact) mass is 503 g/mol. The molecule has 1 N–H and O–H groups in total. The third-order valence-electron chi connectivity index (χ3n) is 8.66. The average molecular weight is 504 g/mol. The highest BCUT2D eigenvalue weighted by Crippen LogP contribution is 2.58. The molecule has 2 aromatic rings. The number of rotatable bonds is 3. The molecule has 1 aliphatic carbocycles. The Bertz CT molecular complexity index is 1240. The Morgan fingerprint density at radius 2 is 1.95 bits per heavy atom. The first-order chi connectivity index (χ1) is 18.0. The van der Waals surface area contributed by atoms with Gasteiger partial charge in [0.2, 0.25) is 17.7 Å². The number of hydrogen-bond donors (Lipinski definition) is 1. The minimum atomic E-state index is -0.979. The van der Waals surface area contributed by atoms with E-state index in [2.05, 4.69) is 5.32 Å². The highest BCUT2D eigenvalue weighted by molar-refractivity contribution is 6.12. The molecule has 4 aliphatic rings. The predicted molar refractivity (Wildman–Crippen MR) is 137 cm³/mol. The van der Waals surface area contributed by atoms with Crippen LogP contribution in [0, 0.1) is 5.41 Å². The van der Waals surface area contributed by atoms with Crippen LogP contribution in [0.3, 0.4) is 0 Å². The maximum Gasteiger partial charge on any atom is 0.240 e. The zero-order valence-electron chi connectivity index (χ0n) is 21.2. The molecular formula is C29H33N3O5. The van der Waals surface area contributed by atoms with Gasteiger partial charge in [-0.1, -0.05) is 36.8 Å². The largest absolute Gasteiger partial charge is 0.494 e. The quantitative estimate of drug-likeness (QED) is 0.696. The minimum absolute atomic E-state index is 0.0488. The van der Waals surface area contributed by atoms with Crippen molar-refractivity contribution in [3.8, 4) is 5.75 Å². The molecule has 3 amide bonds. The summed E-state index contributed by atoms with van der Waals surface area (Å²) in [6.45, 7) is 1.72. The summed E-state index contributed by atoms with van der Waals surface area (Å²) in [7, 11) is 1.64. The molecule has 3 heterocycles. The molecule has 37 heavy (non-hydrogen) atoms. The molecule has 3 aliphatic heterocycles. The third-order valence-corrected chi connectivity index (χ3v) is 8.66. The lowest BCUT2D eigenvalue weighted by molar-refractivity contribution is -0.154. The fourth-order valence-electron chi connectivity index (χ4n) is 6.79. The van der Waals surface area contributed by atoms with Gasteiger partial charge in [0.05, 0.1) is 24.7 Å². The van der Waals surface area contributed by atoms with Gasteiger partial charge in [-0.05, 0) is 55.0 Å². The molecule has 1 saturated heterocycles. The smallest absolute Gasteiger partial charge is 0.240 e. The molecule has 194 valence electrons. The van der Waals surface area contributed by atoms with Gasteiger partial charge in [-0.3, -0.25) is 14.4 Å². The standard InChI is InChI=1S/C29H33N3O5/c1-36-19-28(11-5-12-28)26(34)31-15-13-29-22-9-2-3-10-23(22)32(27(29)35)18-24(33)30-14-6-16-37-21-8-4-7-20(17-21)25(29)31/h2-4,7-10,17,25H,5-6,11-16,18-19H2,1H3,(H,30,33)/t25-,29+/m0/s1. The van der Waals surface area contributed by atoms with E-state index >= 15 is 0 Å². The molecule has 1 saturated carbocycles. The van der Waals surface area contributed by atoms with Crippen molar-refractivity contribution in [1.82, 2.24) is 10.2 Å². The summed E-state index contributed by atoms with van der Waals surface area (Å²) >= 11 is 0. The van der Waals surface area contributed by atoms with Gasteiger partial charge in [0.25, 0.3) is 0 Å². The van der Waals surface area contributed by atoms with Crippen LogP contribution in [0.4, 0.5) is 5.69 Å². The number of methoxy groups -OCH3 is 1. The van der Waals surface area contributed by atoms with Crippen molar-refractivity contribution in [2.24, 2.45) is 5.41 Å². The summed E-state index contributed by atoms with van der Waals surface area (Å²) in [4.78, 5) is 45.1. The summed E-state index contributed by atoms with van der Waals surface area (Å²) in [5, 5.41) is 2.92. The number of amides is 3. The van der Waals surface area contributed by atoms with Crippen molar-refractivity contribution < 1.29 is 23.9 Å². The number of ether oxygens (including phenoxy) is 2. The van der Waals surface area contributed by atoms with Crippen molar-refractivity contribution in [1.29, 1.82) is 0 Å². The van der Waals surface area contributed by atoms with E-state index in [4.69, 9.17) is 9.47 Å². The maximum absolute atomic E-state index is 14.5. The van der Waals surface area contributed by atoms with E-state index in [0.29, 0.717) is 44.9 Å². The first-order valence-corrected chi connectivity index (χ1v) is 13.2. The number of likely N-dealkylation sites (tertiary alicyclic amines) is 1. The Hall–Kier alpha value is -3.39. The van der Waals surface area contributed by atoms with Crippen LogP contribution in [0.25, 0.3) is 0 Å². The van der Waals surface area contributed by atoms with E-state index in [1.807, 2.05) is 53.4 Å². The van der Waals surface area contributed by atoms with Crippen molar-refractivity contribution in [3.05, 3.63) is 59.7 Å². The molecule has 4 bridgehead atoms. The van der Waals surface area contributed by atoms with Crippen LogP contribution in [0.15, 0.2) is 48.5 Å². The van der Waals surface area contributed by atoms with E-state index in [0.717, 1.165) is 36.1 Å². The predicted octanol–water partition coefficient (Wildman–Crippen LogP) is 2.96. The maximum atomic E-state index is 14.5. The first kappa shape index (κ1) is 24.0. The Labute approximate surface area is 216 Å². The number of fused-ring (bicyclic) bond motifs is 6. The molecule has 0 aromatic heterocycles. The van der Waals surface area contributed by atoms with Gasteiger partial charge in [-0.25, -0.2) is 0 Å². The van der Waals surface area contributed by atoms with E-state index in [9.17, 15) is 14.4 Å². The number of hydrogen-bond acceptors (Lipinski definition) is 5. The average Bonchev–Trinajstić information content (AvgIpc) is 3.39. The third kappa shape index (κ3) is 3.64. The lowest BCUT2D eigenvalue weighted by atomic mass is 9.67. The van der Waals surface area contributed by atoms with Crippen LogP contribution in [0.1, 0.15) is 49.3 Å². The van der Waals surface area contributed by atoms with Gasteiger partial charge in [0.15, 0.2) is 0 Å². The van der Waals surface area contributed by atoms with E-state index in [-0.39, 0.29) is 24.3 Å². The number of anilines is 1. The number of carbonyl (C=O) groups is 3. The molecule has 2 atom stereocenters. The Kier molecular flexibility index (Phi) is 5.94. The summed E-state index contributed by atoms with van der Waals surface area (Å²) < 4.78 is 11.5. The molecule has 1 spiro atoms.